The Kier molecular flexibility index (Phi) is 2.64. The zero-order valence-corrected chi connectivity index (χ0v) is 12.2. The second-order valence-electron chi connectivity index (χ2n) is 5.41. The molecule has 0 saturated carbocycles. The van der Waals surface area contributed by atoms with E-state index in [4.69, 9.17) is 0 Å². The van der Waals surface area contributed by atoms with Crippen molar-refractivity contribution in [3.05, 3.63) is 59.8 Å². The van der Waals surface area contributed by atoms with Gasteiger partial charge in [0.05, 0.1) is 12.6 Å². The van der Waals surface area contributed by atoms with E-state index in [1.165, 1.54) is 33.5 Å². The number of rotatable bonds is 1. The molecule has 1 aliphatic heterocycles. The van der Waals surface area contributed by atoms with Gasteiger partial charge in [0, 0.05) is 5.56 Å². The first kappa shape index (κ1) is 12.3. The van der Waals surface area contributed by atoms with Gasteiger partial charge in [-0.25, -0.2) is 4.57 Å². The number of imidazole rings is 1. The van der Waals surface area contributed by atoms with Crippen LogP contribution in [-0.4, -0.2) is 12.1 Å². The molecule has 0 unspecified atom stereocenters. The molecule has 4 heteroatoms. The summed E-state index contributed by atoms with van der Waals surface area (Å²) < 4.78 is 4.51. The smallest absolute Gasteiger partial charge is 0.395 e. The van der Waals surface area contributed by atoms with Crippen LogP contribution in [0.3, 0.4) is 0 Å². The minimum absolute atomic E-state index is 1.19. The van der Waals surface area contributed by atoms with Crippen molar-refractivity contribution >= 4 is 24.7 Å². The first-order valence-corrected chi connectivity index (χ1v) is 7.12. The van der Waals surface area contributed by atoms with Gasteiger partial charge in [-0.1, -0.05) is 30.3 Å². The number of para-hydroxylation sites is 1. The van der Waals surface area contributed by atoms with Gasteiger partial charge >= 0.3 is 7.55 Å². The van der Waals surface area contributed by atoms with E-state index in [0.29, 0.717) is 0 Å². The third-order valence-corrected chi connectivity index (χ3v) is 4.14. The molecule has 101 valence electrons. The molecule has 0 spiro atoms. The average Bonchev–Trinajstić information content (AvgIpc) is 2.66. The Morgan fingerprint density at radius 1 is 1.10 bits per heavy atom. The minimum Gasteiger partial charge on any atom is -0.395 e. The summed E-state index contributed by atoms with van der Waals surface area (Å²) >= 11 is 0. The molecule has 2 heterocycles. The van der Waals surface area contributed by atoms with Crippen LogP contribution in [0.1, 0.15) is 11.1 Å². The largest absolute Gasteiger partial charge is 0.544 e. The average molecular weight is 273 g/mol. The second kappa shape index (κ2) is 4.52. The van der Waals surface area contributed by atoms with Gasteiger partial charge in [0.25, 0.3) is 5.82 Å². The Balaban J connectivity index is 2.15. The molecule has 3 aromatic rings. The highest BCUT2D eigenvalue weighted by Crippen LogP contribution is 2.26. The Morgan fingerprint density at radius 3 is 2.81 bits per heavy atom. The van der Waals surface area contributed by atoms with Crippen LogP contribution in [0.4, 0.5) is 0 Å². The van der Waals surface area contributed by atoms with Crippen molar-refractivity contribution in [2.45, 2.75) is 6.92 Å². The number of aryl methyl sites for hydroxylation is 2. The summed E-state index contributed by atoms with van der Waals surface area (Å²) in [7, 11) is 4.15. The fourth-order valence-electron chi connectivity index (χ4n) is 3.11. The van der Waals surface area contributed by atoms with Crippen LogP contribution >= 0.6 is 0 Å². The molecule has 1 radical (unpaired) electrons. The third kappa shape index (κ3) is 1.72. The zero-order valence-electron chi connectivity index (χ0n) is 12.2. The van der Waals surface area contributed by atoms with Crippen LogP contribution in [0.5, 0.6) is 0 Å². The van der Waals surface area contributed by atoms with Crippen molar-refractivity contribution in [1.29, 1.82) is 0 Å². The summed E-state index contributed by atoms with van der Waals surface area (Å²) in [5, 5.41) is 3.24. The molecule has 21 heavy (non-hydrogen) atoms. The normalized spacial score (nSPS) is 12.9. The van der Waals surface area contributed by atoms with Crippen molar-refractivity contribution in [3.8, 4) is 11.4 Å². The van der Waals surface area contributed by atoms with Crippen LogP contribution in [0.15, 0.2) is 48.7 Å². The molecule has 0 atom stereocenters. The number of aromatic nitrogens is 2. The van der Waals surface area contributed by atoms with Crippen molar-refractivity contribution in [1.82, 2.24) is 9.79 Å². The Bertz CT molecular complexity index is 877. The number of nitrogens with one attached hydrogen (secondary N) is 1. The first-order chi connectivity index (χ1) is 10.3. The highest BCUT2D eigenvalue weighted by molar-refractivity contribution is 6.23. The van der Waals surface area contributed by atoms with Crippen molar-refractivity contribution in [2.24, 2.45) is 7.05 Å². The molecule has 0 fully saturated rings. The maximum atomic E-state index is 3.24. The number of hydrogen-bond acceptors (Lipinski definition) is 1. The highest BCUT2D eigenvalue weighted by atomic mass is 15.1. The maximum absolute atomic E-state index is 3.24. The lowest BCUT2D eigenvalue weighted by molar-refractivity contribution is -0.489. The van der Waals surface area contributed by atoms with E-state index >= 15 is 0 Å². The molecule has 1 N–H and O–H groups in total. The number of hydrogen-bond donors (Lipinski definition) is 1. The summed E-state index contributed by atoms with van der Waals surface area (Å²) in [5.41, 5.74) is 6.22. The van der Waals surface area contributed by atoms with E-state index < -0.39 is 0 Å². The number of nitrogens with zero attached hydrogens (tertiary/aromatic N) is 2. The molecular weight excluding hydrogens is 257 g/mol. The van der Waals surface area contributed by atoms with Gasteiger partial charge in [-0.15, -0.1) is 0 Å². The fraction of sp³-hybridized carbons (Fsp3) is 0.118. The SMILES string of the molecule is Cc1ccccc1-c1n(C)c2cccc3c2[n+]1[B]NC=C3. The molecule has 0 saturated heterocycles. The lowest BCUT2D eigenvalue weighted by Gasteiger charge is -2.04. The minimum atomic E-state index is 1.19. The fourth-order valence-corrected chi connectivity index (χ4v) is 3.11. The van der Waals surface area contributed by atoms with Crippen LogP contribution in [-0.2, 0) is 7.05 Å². The lowest BCUT2D eigenvalue weighted by atomic mass is 10.1. The third-order valence-electron chi connectivity index (χ3n) is 4.14. The van der Waals surface area contributed by atoms with Gasteiger partial charge in [-0.3, -0.25) is 4.48 Å². The van der Waals surface area contributed by atoms with E-state index in [9.17, 15) is 0 Å². The first-order valence-electron chi connectivity index (χ1n) is 7.12. The van der Waals surface area contributed by atoms with E-state index in [0.717, 1.165) is 0 Å². The van der Waals surface area contributed by atoms with Crippen molar-refractivity contribution < 1.29 is 4.48 Å². The summed E-state index contributed by atoms with van der Waals surface area (Å²) in [6.07, 6.45) is 4.09. The van der Waals surface area contributed by atoms with E-state index in [1.54, 1.807) is 0 Å². The Hall–Kier alpha value is -2.49. The van der Waals surface area contributed by atoms with Crippen molar-refractivity contribution in [2.75, 3.05) is 0 Å². The second-order valence-corrected chi connectivity index (χ2v) is 5.41. The molecule has 0 bridgehead atoms. The standard InChI is InChI=1S/C17H16BN3/c1-12-6-3-4-8-14(12)17-20(2)15-9-5-7-13-10-11-19-18-21(17)16(13)15/h3-11,19H,1-2H3/q+1. The molecule has 1 aliphatic rings. The quantitative estimate of drug-likeness (QED) is 0.675. The molecule has 1 aromatic heterocycles. The molecule has 2 aromatic carbocycles. The van der Waals surface area contributed by atoms with Gasteiger partial charge in [0.1, 0.15) is 0 Å². The van der Waals surface area contributed by atoms with Crippen molar-refractivity contribution in [3.63, 3.8) is 0 Å². The Morgan fingerprint density at radius 2 is 1.95 bits per heavy atom. The molecule has 0 amide bonds. The molecule has 0 aliphatic carbocycles. The van der Waals surface area contributed by atoms with Crippen LogP contribution < -0.4 is 9.71 Å². The van der Waals surface area contributed by atoms with Crippen LogP contribution in [0, 0.1) is 6.92 Å². The summed E-state index contributed by atoms with van der Waals surface area (Å²) in [6.45, 7) is 2.16. The monoisotopic (exact) mass is 273 g/mol. The summed E-state index contributed by atoms with van der Waals surface area (Å²) in [6, 6.07) is 14.9. The predicted molar refractivity (Wildman–Crippen MR) is 86.6 cm³/mol. The summed E-state index contributed by atoms with van der Waals surface area (Å²) in [4.78, 5) is 0. The predicted octanol–water partition coefficient (Wildman–Crippen LogP) is 2.40. The highest BCUT2D eigenvalue weighted by Gasteiger charge is 2.28. The van der Waals surface area contributed by atoms with E-state index in [2.05, 4.69) is 76.8 Å². The molecule has 4 rings (SSSR count). The van der Waals surface area contributed by atoms with Gasteiger partial charge in [-0.2, -0.15) is 0 Å². The van der Waals surface area contributed by atoms with E-state index in [-0.39, 0.29) is 0 Å². The topological polar surface area (TPSA) is 20.8 Å². The van der Waals surface area contributed by atoms with Gasteiger partial charge in [-0.05, 0) is 36.9 Å². The summed E-state index contributed by atoms with van der Waals surface area (Å²) in [5.74, 6) is 1.19. The van der Waals surface area contributed by atoms with Crippen LogP contribution in [0.2, 0.25) is 0 Å². The molecular formula is C17H16BN3+. The maximum Gasteiger partial charge on any atom is 0.544 e. The Labute approximate surface area is 124 Å². The lowest BCUT2D eigenvalue weighted by Crippen LogP contribution is -2.47. The number of benzene rings is 2. The van der Waals surface area contributed by atoms with Gasteiger partial charge in [0.2, 0.25) is 0 Å². The van der Waals surface area contributed by atoms with E-state index in [1.807, 2.05) is 13.7 Å². The van der Waals surface area contributed by atoms with Gasteiger partial charge < -0.3 is 5.23 Å². The van der Waals surface area contributed by atoms with Crippen LogP contribution in [0.25, 0.3) is 28.5 Å². The molecule has 3 nitrogen and oxygen atoms in total. The van der Waals surface area contributed by atoms with Gasteiger partial charge in [0.15, 0.2) is 11.0 Å². The zero-order chi connectivity index (χ0) is 14.4.